The summed E-state index contributed by atoms with van der Waals surface area (Å²) in [5.74, 6) is 2.12. The molecule has 1 aromatic carbocycles. The number of ether oxygens (including phenoxy) is 2. The van der Waals surface area contributed by atoms with Crippen LogP contribution in [-0.4, -0.2) is 60.8 Å². The molecular weight excluding hydrogens is 346 g/mol. The number of hydrogen-bond acceptors (Lipinski definition) is 7. The molecule has 1 amide bonds. The maximum atomic E-state index is 11.6. The molecule has 4 rings (SSSR count). The van der Waals surface area contributed by atoms with Crippen LogP contribution in [0.15, 0.2) is 30.6 Å². The first-order valence-corrected chi connectivity index (χ1v) is 9.08. The molecule has 2 aliphatic rings. The smallest absolute Gasteiger partial charge is 0.254 e. The van der Waals surface area contributed by atoms with Crippen molar-refractivity contribution in [3.8, 4) is 11.5 Å². The Morgan fingerprint density at radius 1 is 1.11 bits per heavy atom. The third kappa shape index (κ3) is 3.52. The molecule has 1 N–H and O–H groups in total. The number of fused-ring (bicyclic) bond motifs is 1. The lowest BCUT2D eigenvalue weighted by Crippen LogP contribution is -2.47. The van der Waals surface area contributed by atoms with Gasteiger partial charge in [-0.05, 0) is 24.6 Å². The molecule has 3 heterocycles. The summed E-state index contributed by atoms with van der Waals surface area (Å²) >= 11 is 0. The highest BCUT2D eigenvalue weighted by atomic mass is 16.7. The number of anilines is 1. The van der Waals surface area contributed by atoms with Gasteiger partial charge in [-0.2, -0.15) is 0 Å². The molecule has 0 spiro atoms. The van der Waals surface area contributed by atoms with Crippen molar-refractivity contribution in [2.45, 2.75) is 13.0 Å². The Balaban J connectivity index is 1.37. The van der Waals surface area contributed by atoms with E-state index in [1.807, 2.05) is 6.07 Å². The van der Waals surface area contributed by atoms with Gasteiger partial charge in [0.05, 0.1) is 5.56 Å². The summed E-state index contributed by atoms with van der Waals surface area (Å²) in [4.78, 5) is 24.9. The quantitative estimate of drug-likeness (QED) is 0.874. The molecule has 1 fully saturated rings. The number of nitrogens with one attached hydrogen (secondary N) is 1. The molecule has 1 saturated heterocycles. The molecule has 0 aliphatic carbocycles. The summed E-state index contributed by atoms with van der Waals surface area (Å²) in [6.07, 6.45) is 3.14. The van der Waals surface area contributed by atoms with E-state index in [0.717, 1.165) is 37.7 Å². The van der Waals surface area contributed by atoms with Crippen LogP contribution in [-0.2, 0) is 0 Å². The zero-order valence-corrected chi connectivity index (χ0v) is 15.5. The maximum absolute atomic E-state index is 11.6. The van der Waals surface area contributed by atoms with E-state index < -0.39 is 0 Å². The number of amides is 1. The van der Waals surface area contributed by atoms with Gasteiger partial charge in [-0.25, -0.2) is 9.97 Å². The van der Waals surface area contributed by atoms with Crippen LogP contribution in [0.5, 0.6) is 11.5 Å². The van der Waals surface area contributed by atoms with E-state index in [1.165, 1.54) is 5.56 Å². The molecule has 142 valence electrons. The normalized spacial score (nSPS) is 17.6. The minimum absolute atomic E-state index is 0.177. The van der Waals surface area contributed by atoms with Crippen molar-refractivity contribution in [3.05, 3.63) is 41.7 Å². The number of nitrogens with zero attached hydrogens (tertiary/aromatic N) is 4. The van der Waals surface area contributed by atoms with Gasteiger partial charge in [0, 0.05) is 51.7 Å². The number of rotatable bonds is 4. The number of carbonyl (C=O) groups is 1. The molecule has 8 heteroatoms. The van der Waals surface area contributed by atoms with Gasteiger partial charge in [0.2, 0.25) is 12.7 Å². The van der Waals surface area contributed by atoms with Crippen LogP contribution in [0.4, 0.5) is 5.95 Å². The van der Waals surface area contributed by atoms with Gasteiger partial charge in [-0.1, -0.05) is 6.07 Å². The van der Waals surface area contributed by atoms with E-state index in [2.05, 4.69) is 44.1 Å². The summed E-state index contributed by atoms with van der Waals surface area (Å²) in [6.45, 7) is 6.02. The molecule has 1 aromatic heterocycles. The van der Waals surface area contributed by atoms with Crippen molar-refractivity contribution in [1.82, 2.24) is 20.2 Å². The highest BCUT2D eigenvalue weighted by Gasteiger charge is 2.25. The summed E-state index contributed by atoms with van der Waals surface area (Å²) in [5, 5.41) is 2.57. The topological polar surface area (TPSA) is 79.8 Å². The minimum atomic E-state index is -0.177. The van der Waals surface area contributed by atoms with E-state index in [4.69, 9.17) is 9.47 Å². The van der Waals surface area contributed by atoms with E-state index in [1.54, 1.807) is 19.4 Å². The van der Waals surface area contributed by atoms with Gasteiger partial charge in [0.1, 0.15) is 0 Å². The SMILES string of the molecule is CNC(=O)c1cnc(N2CCN(C(C)c3ccc4c(c3)OCO4)CC2)nc1. The number of piperazine rings is 1. The van der Waals surface area contributed by atoms with Crippen LogP contribution < -0.4 is 19.7 Å². The Morgan fingerprint density at radius 3 is 2.52 bits per heavy atom. The van der Waals surface area contributed by atoms with E-state index in [9.17, 15) is 4.79 Å². The first-order valence-electron chi connectivity index (χ1n) is 9.08. The number of benzene rings is 1. The summed E-state index contributed by atoms with van der Waals surface area (Å²) in [7, 11) is 1.59. The monoisotopic (exact) mass is 369 g/mol. The van der Waals surface area contributed by atoms with Crippen molar-refractivity contribution in [2.75, 3.05) is 44.9 Å². The van der Waals surface area contributed by atoms with Crippen LogP contribution in [0.3, 0.4) is 0 Å². The standard InChI is InChI=1S/C19H23N5O3/c1-13(14-3-4-16-17(9-14)27-12-26-16)23-5-7-24(8-6-23)19-21-10-15(11-22-19)18(25)20-2/h3-4,9-11,13H,5-8,12H2,1-2H3,(H,20,25). The van der Waals surface area contributed by atoms with Crippen molar-refractivity contribution >= 4 is 11.9 Å². The summed E-state index contributed by atoms with van der Waals surface area (Å²) in [6, 6.07) is 6.44. The molecule has 27 heavy (non-hydrogen) atoms. The lowest BCUT2D eigenvalue weighted by atomic mass is 10.1. The summed E-state index contributed by atoms with van der Waals surface area (Å²) in [5.41, 5.74) is 1.69. The van der Waals surface area contributed by atoms with Crippen molar-refractivity contribution < 1.29 is 14.3 Å². The van der Waals surface area contributed by atoms with Crippen LogP contribution in [0.1, 0.15) is 28.9 Å². The zero-order chi connectivity index (χ0) is 18.8. The maximum Gasteiger partial charge on any atom is 0.254 e. The third-order valence-electron chi connectivity index (χ3n) is 5.15. The predicted octanol–water partition coefficient (Wildman–Crippen LogP) is 1.45. The lowest BCUT2D eigenvalue weighted by Gasteiger charge is -2.38. The largest absolute Gasteiger partial charge is 0.454 e. The van der Waals surface area contributed by atoms with Gasteiger partial charge in [-0.15, -0.1) is 0 Å². The van der Waals surface area contributed by atoms with Crippen LogP contribution in [0.25, 0.3) is 0 Å². The van der Waals surface area contributed by atoms with Crippen LogP contribution in [0, 0.1) is 0 Å². The van der Waals surface area contributed by atoms with Crippen molar-refractivity contribution in [1.29, 1.82) is 0 Å². The fourth-order valence-electron chi connectivity index (χ4n) is 3.44. The van der Waals surface area contributed by atoms with E-state index in [-0.39, 0.29) is 11.9 Å². The van der Waals surface area contributed by atoms with E-state index >= 15 is 0 Å². The summed E-state index contributed by atoms with van der Waals surface area (Å²) < 4.78 is 10.9. The molecule has 8 nitrogen and oxygen atoms in total. The first kappa shape index (κ1) is 17.5. The van der Waals surface area contributed by atoms with Crippen molar-refractivity contribution in [2.24, 2.45) is 0 Å². The fraction of sp³-hybridized carbons (Fsp3) is 0.421. The second kappa shape index (κ2) is 7.40. The van der Waals surface area contributed by atoms with Gasteiger partial charge < -0.3 is 19.7 Å². The first-order chi connectivity index (χ1) is 13.2. The minimum Gasteiger partial charge on any atom is -0.454 e. The molecule has 1 unspecified atom stereocenters. The number of hydrogen-bond donors (Lipinski definition) is 1. The molecule has 2 aromatic rings. The fourth-order valence-corrected chi connectivity index (χ4v) is 3.44. The highest BCUT2D eigenvalue weighted by molar-refractivity contribution is 5.93. The molecular formula is C19H23N5O3. The van der Waals surface area contributed by atoms with Gasteiger partial charge in [0.25, 0.3) is 5.91 Å². The Morgan fingerprint density at radius 2 is 1.81 bits per heavy atom. The van der Waals surface area contributed by atoms with Crippen LogP contribution >= 0.6 is 0 Å². The third-order valence-corrected chi connectivity index (χ3v) is 5.15. The van der Waals surface area contributed by atoms with Gasteiger partial charge in [-0.3, -0.25) is 9.69 Å². The van der Waals surface area contributed by atoms with Gasteiger partial charge in [0.15, 0.2) is 11.5 Å². The lowest BCUT2D eigenvalue weighted by molar-refractivity contribution is 0.0962. The predicted molar refractivity (Wildman–Crippen MR) is 100 cm³/mol. The van der Waals surface area contributed by atoms with E-state index in [0.29, 0.717) is 18.3 Å². The second-order valence-electron chi connectivity index (χ2n) is 6.66. The zero-order valence-electron chi connectivity index (χ0n) is 15.5. The molecule has 0 bridgehead atoms. The average molecular weight is 369 g/mol. The Labute approximate surface area is 158 Å². The van der Waals surface area contributed by atoms with Crippen molar-refractivity contribution in [3.63, 3.8) is 0 Å². The highest BCUT2D eigenvalue weighted by Crippen LogP contribution is 2.35. The molecule has 0 radical (unpaired) electrons. The Bertz CT molecular complexity index is 819. The molecule has 2 aliphatic heterocycles. The number of aromatic nitrogens is 2. The second-order valence-corrected chi connectivity index (χ2v) is 6.66. The molecule has 1 atom stereocenters. The van der Waals surface area contributed by atoms with Crippen LogP contribution in [0.2, 0.25) is 0 Å². The molecule has 0 saturated carbocycles. The van der Waals surface area contributed by atoms with Gasteiger partial charge >= 0.3 is 0 Å². The Kier molecular flexibility index (Phi) is 4.81. The Hall–Kier alpha value is -2.87. The average Bonchev–Trinajstić information content (AvgIpc) is 3.21. The number of carbonyl (C=O) groups excluding carboxylic acids is 1.